The first-order valence-electron chi connectivity index (χ1n) is 8.32. The van der Waals surface area contributed by atoms with Crippen LogP contribution in [0.1, 0.15) is 13.3 Å². The predicted octanol–water partition coefficient (Wildman–Crippen LogP) is 1.45. The Bertz CT molecular complexity index is 553. The summed E-state index contributed by atoms with van der Waals surface area (Å²) in [6.45, 7) is 8.91. The normalized spacial score (nSPS) is 12.4. The minimum Gasteiger partial charge on any atom is -0.299 e. The summed E-state index contributed by atoms with van der Waals surface area (Å²) in [7, 11) is -3.25. The molecule has 167 valence electrons. The Kier molecular flexibility index (Phi) is 13.0. The molecule has 0 aliphatic carbocycles. The monoisotopic (exact) mass is 485 g/mol. The molecule has 0 bridgehead atoms. The first kappa shape index (κ1) is 27.2. The van der Waals surface area contributed by atoms with E-state index in [9.17, 15) is 18.2 Å². The summed E-state index contributed by atoms with van der Waals surface area (Å²) in [4.78, 5) is 41.7. The van der Waals surface area contributed by atoms with Gasteiger partial charge in [-0.25, -0.2) is 0 Å². The fourth-order valence-electron chi connectivity index (χ4n) is 2.07. The van der Waals surface area contributed by atoms with Crippen molar-refractivity contribution in [3.05, 3.63) is 0 Å². The molecular weight excluding hydrogens is 455 g/mol. The van der Waals surface area contributed by atoms with Gasteiger partial charge in [-0.3, -0.25) is 4.79 Å². The van der Waals surface area contributed by atoms with E-state index in [1.807, 2.05) is 26.2 Å². The van der Waals surface area contributed by atoms with Crippen molar-refractivity contribution in [3.63, 3.8) is 0 Å². The SMILES string of the molecule is COOC(=O)[CH2][Co](=[O])[CH2]OC[Si](C)(C)O[Si](C)(C)COCOC(=O)CC(C)=O. The van der Waals surface area contributed by atoms with E-state index in [0.717, 1.165) is 0 Å². The summed E-state index contributed by atoms with van der Waals surface area (Å²) in [5.74, 6) is -1.61. The van der Waals surface area contributed by atoms with E-state index in [4.69, 9.17) is 18.3 Å². The Morgan fingerprint density at radius 1 is 0.929 bits per heavy atom. The summed E-state index contributed by atoms with van der Waals surface area (Å²) in [6, 6.07) is 0. The minimum absolute atomic E-state index is 0.0732. The van der Waals surface area contributed by atoms with Crippen molar-refractivity contribution in [2.75, 3.05) is 31.9 Å². The second-order valence-electron chi connectivity index (χ2n) is 7.03. The molecule has 0 aromatic rings. The van der Waals surface area contributed by atoms with Crippen molar-refractivity contribution >= 4 is 34.4 Å². The van der Waals surface area contributed by atoms with Crippen molar-refractivity contribution < 1.29 is 59.9 Å². The molecule has 0 saturated heterocycles. The molecule has 0 N–H and O–H groups in total. The van der Waals surface area contributed by atoms with Gasteiger partial charge < -0.3 is 0 Å². The molecule has 0 aliphatic rings. The van der Waals surface area contributed by atoms with Crippen LogP contribution in [-0.4, -0.2) is 66.3 Å². The number of esters is 1. The summed E-state index contributed by atoms with van der Waals surface area (Å²) in [5.41, 5.74) is -0.0732. The van der Waals surface area contributed by atoms with Crippen LogP contribution in [0.2, 0.25) is 31.5 Å². The van der Waals surface area contributed by atoms with Crippen molar-refractivity contribution in [1.29, 1.82) is 0 Å². The number of ketones is 1. The molecule has 10 nitrogen and oxygen atoms in total. The van der Waals surface area contributed by atoms with Crippen LogP contribution in [0.15, 0.2) is 0 Å². The number of rotatable bonds is 15. The maximum absolute atomic E-state index is 11.8. The quantitative estimate of drug-likeness (QED) is 0.0640. The van der Waals surface area contributed by atoms with E-state index in [1.54, 1.807) is 0 Å². The zero-order valence-corrected chi connectivity index (χ0v) is 20.2. The van der Waals surface area contributed by atoms with E-state index in [1.165, 1.54) is 14.0 Å². The second-order valence-corrected chi connectivity index (χ2v) is 17.2. The predicted molar refractivity (Wildman–Crippen MR) is 97.7 cm³/mol. The Balaban J connectivity index is 4.17. The molecule has 0 aliphatic heterocycles. The van der Waals surface area contributed by atoms with E-state index >= 15 is 0 Å². The van der Waals surface area contributed by atoms with Crippen molar-refractivity contribution in [1.82, 2.24) is 0 Å². The number of ether oxygens (including phenoxy) is 3. The van der Waals surface area contributed by atoms with Gasteiger partial charge in [0.15, 0.2) is 0 Å². The molecule has 13 heteroatoms. The molecule has 0 spiro atoms. The molecule has 0 amide bonds. The molecule has 0 aromatic heterocycles. The van der Waals surface area contributed by atoms with Crippen LogP contribution in [0.25, 0.3) is 0 Å². The van der Waals surface area contributed by atoms with Crippen LogP contribution in [0.3, 0.4) is 0 Å². The zero-order valence-electron chi connectivity index (χ0n) is 17.2. The smallest absolute Gasteiger partial charge is 0.299 e. The average Bonchev–Trinajstić information content (AvgIpc) is 2.49. The first-order valence-corrected chi connectivity index (χ1v) is 16.5. The Hall–Kier alpha value is -0.810. The molecule has 0 radical (unpaired) electrons. The number of carbonyl (C=O) groups is 3. The molecule has 0 rings (SSSR count). The van der Waals surface area contributed by atoms with Crippen LogP contribution < -0.4 is 0 Å². The number of carbonyl (C=O) groups excluding carboxylic acids is 3. The summed E-state index contributed by atoms with van der Waals surface area (Å²) < 4.78 is 33.6. The van der Waals surface area contributed by atoms with Crippen LogP contribution in [0, 0.1) is 0 Å². The van der Waals surface area contributed by atoms with Gasteiger partial charge >= 0.3 is 154 Å². The Labute approximate surface area is 171 Å². The standard InChI is InChI=1S/C12H25O6Si2.C3H5O3.Co.O/c1-11(13)7-12(14)17-8-16-10-20(5,6)18-19(3,4)9-15-2;1-3(4)6-5-2;;/h2,7-10H2,1,3-6H3;1H2,2H3;;. The Morgan fingerprint density at radius 2 is 1.50 bits per heavy atom. The second kappa shape index (κ2) is 13.4. The third-order valence-corrected chi connectivity index (χ3v) is 10.2. The van der Waals surface area contributed by atoms with Crippen LogP contribution in [-0.2, 0) is 59.9 Å². The van der Waals surface area contributed by atoms with Gasteiger partial charge in [0, 0.05) is 0 Å². The van der Waals surface area contributed by atoms with Crippen molar-refractivity contribution in [3.8, 4) is 0 Å². The molecular formula is C15H30CoO10Si2. The molecule has 0 fully saturated rings. The fraction of sp³-hybridized carbons (Fsp3) is 0.800. The van der Waals surface area contributed by atoms with Crippen molar-refractivity contribution in [2.45, 2.75) is 44.9 Å². The van der Waals surface area contributed by atoms with Gasteiger partial charge in [-0.1, -0.05) is 0 Å². The van der Waals surface area contributed by atoms with Gasteiger partial charge in [0.25, 0.3) is 0 Å². The van der Waals surface area contributed by atoms with Gasteiger partial charge in [0.05, 0.1) is 0 Å². The van der Waals surface area contributed by atoms with Crippen LogP contribution >= 0.6 is 0 Å². The van der Waals surface area contributed by atoms with Gasteiger partial charge in [0.1, 0.15) is 5.78 Å². The number of hydrogen-bond acceptors (Lipinski definition) is 10. The third kappa shape index (κ3) is 15.2. The molecule has 0 atom stereocenters. The number of Topliss-reactive ketones (excluding diaryl/α,β-unsaturated/α-hetero) is 1. The average molecular weight is 486 g/mol. The van der Waals surface area contributed by atoms with Gasteiger partial charge in [-0.05, 0) is 6.92 Å². The molecule has 0 saturated carbocycles. The third-order valence-electron chi connectivity index (χ3n) is 2.73. The molecule has 28 heavy (non-hydrogen) atoms. The first-order chi connectivity index (χ1) is 12.9. The topological polar surface area (TPSA) is 124 Å². The van der Waals surface area contributed by atoms with E-state index < -0.39 is 42.2 Å². The summed E-state index contributed by atoms with van der Waals surface area (Å²) in [6.07, 6.45) is 0.327. The maximum atomic E-state index is 11.8. The van der Waals surface area contributed by atoms with E-state index in [0.29, 0.717) is 12.5 Å². The van der Waals surface area contributed by atoms with Crippen molar-refractivity contribution in [2.24, 2.45) is 0 Å². The summed E-state index contributed by atoms with van der Waals surface area (Å²) in [5, 5.41) is -0.278. The molecule has 0 unspecified atom stereocenters. The van der Waals surface area contributed by atoms with Crippen LogP contribution in [0.4, 0.5) is 0 Å². The summed E-state index contributed by atoms with van der Waals surface area (Å²) >= 11 is -1.87. The minimum atomic E-state index is -2.23. The fourth-order valence-corrected chi connectivity index (χ4v) is 10.7. The van der Waals surface area contributed by atoms with Gasteiger partial charge in [0.2, 0.25) is 0 Å². The Morgan fingerprint density at radius 3 is 2.04 bits per heavy atom. The van der Waals surface area contributed by atoms with E-state index in [-0.39, 0.29) is 29.9 Å². The van der Waals surface area contributed by atoms with Gasteiger partial charge in [-0.15, -0.1) is 0 Å². The van der Waals surface area contributed by atoms with Crippen LogP contribution in [0.5, 0.6) is 0 Å². The van der Waals surface area contributed by atoms with Gasteiger partial charge in [-0.2, -0.15) is 0 Å². The van der Waals surface area contributed by atoms with E-state index in [2.05, 4.69) is 9.78 Å². The molecule has 0 heterocycles. The molecule has 0 aromatic carbocycles. The zero-order chi connectivity index (χ0) is 21.8. The number of hydrogen-bond donors (Lipinski definition) is 0.